The number of para-hydroxylation sites is 1. The highest BCUT2D eigenvalue weighted by atomic mass is 79.9. The maximum Gasteiger partial charge on any atom is 0.323 e. The maximum absolute atomic E-state index is 11.6. The number of halogens is 1. The Hall–Kier alpha value is -1.40. The fourth-order valence-electron chi connectivity index (χ4n) is 1.13. The molecule has 0 heterocycles. The van der Waals surface area contributed by atoms with E-state index in [1.54, 1.807) is 12.1 Å². The third-order valence-corrected chi connectivity index (χ3v) is 3.06. The summed E-state index contributed by atoms with van der Waals surface area (Å²) in [5.41, 5.74) is -0.483. The average Bonchev–Trinajstić information content (AvgIpc) is 2.29. The first-order valence-electron chi connectivity index (χ1n) is 5.36. The van der Waals surface area contributed by atoms with Crippen molar-refractivity contribution in [3.63, 3.8) is 0 Å². The second-order valence-corrected chi connectivity index (χ2v) is 5.17. The van der Waals surface area contributed by atoms with E-state index in [0.29, 0.717) is 5.69 Å². The van der Waals surface area contributed by atoms with Crippen molar-refractivity contribution >= 4 is 33.5 Å². The number of amides is 1. The first-order chi connectivity index (χ1) is 8.33. The van der Waals surface area contributed by atoms with Crippen LogP contribution in [0.1, 0.15) is 13.8 Å². The molecule has 1 aromatic rings. The number of hydrogen-bond donors (Lipinski definition) is 3. The molecule has 0 spiro atoms. The van der Waals surface area contributed by atoms with Crippen LogP contribution in [0.15, 0.2) is 28.7 Å². The van der Waals surface area contributed by atoms with Gasteiger partial charge in [0.2, 0.25) is 5.91 Å². The van der Waals surface area contributed by atoms with Crippen LogP contribution in [-0.2, 0) is 9.59 Å². The predicted molar refractivity (Wildman–Crippen MR) is 72.5 cm³/mol. The molecule has 5 nitrogen and oxygen atoms in total. The van der Waals surface area contributed by atoms with Gasteiger partial charge in [0.05, 0.1) is 12.2 Å². The molecule has 1 aromatic carbocycles. The van der Waals surface area contributed by atoms with Crippen molar-refractivity contribution < 1.29 is 14.7 Å². The van der Waals surface area contributed by atoms with Gasteiger partial charge in [-0.25, -0.2) is 0 Å². The van der Waals surface area contributed by atoms with Crippen molar-refractivity contribution in [3.05, 3.63) is 28.7 Å². The Morgan fingerprint density at radius 1 is 1.33 bits per heavy atom. The molecule has 98 valence electrons. The van der Waals surface area contributed by atoms with Crippen molar-refractivity contribution in [1.29, 1.82) is 0 Å². The second-order valence-electron chi connectivity index (χ2n) is 4.31. The van der Waals surface area contributed by atoms with Crippen LogP contribution < -0.4 is 10.6 Å². The number of aliphatic carboxylic acids is 1. The standard InChI is InChI=1S/C12H15BrN2O3/c1-12(2,11(17)18)14-7-10(16)15-9-6-4-3-5-8(9)13/h3-6,14H,7H2,1-2H3,(H,15,16)(H,17,18). The van der Waals surface area contributed by atoms with Gasteiger partial charge < -0.3 is 10.4 Å². The van der Waals surface area contributed by atoms with Gasteiger partial charge in [-0.15, -0.1) is 0 Å². The van der Waals surface area contributed by atoms with Crippen LogP contribution in [0.5, 0.6) is 0 Å². The minimum Gasteiger partial charge on any atom is -0.480 e. The van der Waals surface area contributed by atoms with E-state index in [9.17, 15) is 9.59 Å². The number of carboxylic acid groups (broad SMARTS) is 1. The molecule has 0 aliphatic carbocycles. The number of anilines is 1. The molecule has 0 aliphatic rings. The van der Waals surface area contributed by atoms with Crippen LogP contribution in [0.25, 0.3) is 0 Å². The van der Waals surface area contributed by atoms with E-state index in [2.05, 4.69) is 26.6 Å². The number of carboxylic acids is 1. The third-order valence-electron chi connectivity index (χ3n) is 2.37. The van der Waals surface area contributed by atoms with Gasteiger partial charge in [-0.2, -0.15) is 0 Å². The Labute approximate surface area is 114 Å². The summed E-state index contributed by atoms with van der Waals surface area (Å²) in [7, 11) is 0. The number of rotatable bonds is 5. The first-order valence-corrected chi connectivity index (χ1v) is 6.15. The van der Waals surface area contributed by atoms with Crippen LogP contribution >= 0.6 is 15.9 Å². The summed E-state index contributed by atoms with van der Waals surface area (Å²) in [5.74, 6) is -1.30. The van der Waals surface area contributed by atoms with E-state index in [0.717, 1.165) is 4.47 Å². The number of carbonyl (C=O) groups excluding carboxylic acids is 1. The van der Waals surface area contributed by atoms with E-state index in [-0.39, 0.29) is 12.5 Å². The van der Waals surface area contributed by atoms with Crippen LogP contribution in [0.4, 0.5) is 5.69 Å². The molecule has 6 heteroatoms. The predicted octanol–water partition coefficient (Wildman–Crippen LogP) is 1.84. The second kappa shape index (κ2) is 5.97. The molecule has 0 bridgehead atoms. The largest absolute Gasteiger partial charge is 0.480 e. The van der Waals surface area contributed by atoms with Gasteiger partial charge in [0.25, 0.3) is 0 Å². The summed E-state index contributed by atoms with van der Waals surface area (Å²) in [6, 6.07) is 7.20. The Morgan fingerprint density at radius 3 is 2.50 bits per heavy atom. The Morgan fingerprint density at radius 2 is 1.94 bits per heavy atom. The molecular weight excluding hydrogens is 300 g/mol. The van der Waals surface area contributed by atoms with E-state index in [1.807, 2.05) is 12.1 Å². The average molecular weight is 315 g/mol. The highest BCUT2D eigenvalue weighted by molar-refractivity contribution is 9.10. The molecule has 0 aliphatic heterocycles. The smallest absolute Gasteiger partial charge is 0.323 e. The normalized spacial score (nSPS) is 11.1. The van der Waals surface area contributed by atoms with Crippen molar-refractivity contribution in [2.75, 3.05) is 11.9 Å². The molecule has 0 radical (unpaired) electrons. The Kier molecular flexibility index (Phi) is 4.86. The van der Waals surface area contributed by atoms with Crippen LogP contribution in [0, 0.1) is 0 Å². The minimum absolute atomic E-state index is 0.0688. The molecule has 0 fully saturated rings. The monoisotopic (exact) mass is 314 g/mol. The molecule has 0 unspecified atom stereocenters. The lowest BCUT2D eigenvalue weighted by Crippen LogP contribution is -2.49. The topological polar surface area (TPSA) is 78.4 Å². The highest BCUT2D eigenvalue weighted by Gasteiger charge is 2.26. The van der Waals surface area contributed by atoms with Gasteiger partial charge in [-0.05, 0) is 41.9 Å². The zero-order valence-electron chi connectivity index (χ0n) is 10.2. The van der Waals surface area contributed by atoms with Crippen LogP contribution in [0.2, 0.25) is 0 Å². The highest BCUT2D eigenvalue weighted by Crippen LogP contribution is 2.20. The van der Waals surface area contributed by atoms with Gasteiger partial charge in [0.1, 0.15) is 5.54 Å². The molecule has 18 heavy (non-hydrogen) atoms. The van der Waals surface area contributed by atoms with Crippen molar-refractivity contribution in [2.45, 2.75) is 19.4 Å². The Bertz CT molecular complexity index is 460. The van der Waals surface area contributed by atoms with Crippen LogP contribution in [-0.4, -0.2) is 29.1 Å². The summed E-state index contributed by atoms with van der Waals surface area (Å²) in [6.07, 6.45) is 0. The molecule has 0 saturated carbocycles. The lowest BCUT2D eigenvalue weighted by molar-refractivity contribution is -0.143. The summed E-state index contributed by atoms with van der Waals surface area (Å²) in [6.45, 7) is 2.93. The SMILES string of the molecule is CC(C)(NCC(=O)Nc1ccccc1Br)C(=O)O. The first kappa shape index (κ1) is 14.7. The van der Waals surface area contributed by atoms with Gasteiger partial charge >= 0.3 is 5.97 Å². The van der Waals surface area contributed by atoms with E-state index < -0.39 is 11.5 Å². The third kappa shape index (κ3) is 4.12. The van der Waals surface area contributed by atoms with Gasteiger partial charge in [0.15, 0.2) is 0 Å². The molecule has 1 rings (SSSR count). The number of carbonyl (C=O) groups is 2. The summed E-state index contributed by atoms with van der Waals surface area (Å²) >= 11 is 3.31. The Balaban J connectivity index is 2.54. The van der Waals surface area contributed by atoms with Crippen molar-refractivity contribution in [1.82, 2.24) is 5.32 Å². The van der Waals surface area contributed by atoms with Gasteiger partial charge in [0, 0.05) is 4.47 Å². The van der Waals surface area contributed by atoms with E-state index >= 15 is 0 Å². The number of benzene rings is 1. The zero-order valence-corrected chi connectivity index (χ0v) is 11.7. The fraction of sp³-hybridized carbons (Fsp3) is 0.333. The molecule has 3 N–H and O–H groups in total. The maximum atomic E-state index is 11.6. The molecule has 1 amide bonds. The van der Waals surface area contributed by atoms with E-state index in [4.69, 9.17) is 5.11 Å². The van der Waals surface area contributed by atoms with Gasteiger partial charge in [-0.3, -0.25) is 14.9 Å². The fourth-order valence-corrected chi connectivity index (χ4v) is 1.52. The number of hydrogen-bond acceptors (Lipinski definition) is 3. The molecule has 0 saturated heterocycles. The minimum atomic E-state index is -1.13. The van der Waals surface area contributed by atoms with Crippen molar-refractivity contribution in [3.8, 4) is 0 Å². The molecule has 0 atom stereocenters. The van der Waals surface area contributed by atoms with Gasteiger partial charge in [-0.1, -0.05) is 12.1 Å². The zero-order chi connectivity index (χ0) is 13.8. The quantitative estimate of drug-likeness (QED) is 0.775. The summed E-state index contributed by atoms with van der Waals surface area (Å²) in [4.78, 5) is 22.5. The van der Waals surface area contributed by atoms with E-state index in [1.165, 1.54) is 13.8 Å². The lowest BCUT2D eigenvalue weighted by atomic mass is 10.1. The molecular formula is C12H15BrN2O3. The summed E-state index contributed by atoms with van der Waals surface area (Å²) in [5, 5.41) is 14.2. The van der Waals surface area contributed by atoms with Crippen LogP contribution in [0.3, 0.4) is 0 Å². The summed E-state index contributed by atoms with van der Waals surface area (Å²) < 4.78 is 0.774. The number of nitrogens with one attached hydrogen (secondary N) is 2. The van der Waals surface area contributed by atoms with Crippen molar-refractivity contribution in [2.24, 2.45) is 0 Å². The lowest BCUT2D eigenvalue weighted by Gasteiger charge is -2.20. The molecule has 0 aromatic heterocycles.